The monoisotopic (exact) mass is 206 g/mol. The van der Waals surface area contributed by atoms with Crippen LogP contribution >= 0.6 is 0 Å². The molecule has 2 heteroatoms. The minimum Gasteiger partial charge on any atom is -0.508 e. The maximum atomic E-state index is 9.84. The van der Waals surface area contributed by atoms with Crippen LogP contribution in [0.25, 0.3) is 0 Å². The standard InChI is InChI=1S/C13H18O2/c1-13(15)8-6-11(7-9-13)10-2-4-12(14)5-3-10/h2-5,11,14-15H,6-9H2,1H3. The van der Waals surface area contributed by atoms with Gasteiger partial charge < -0.3 is 10.2 Å². The normalized spacial score (nSPS) is 31.5. The van der Waals surface area contributed by atoms with Crippen molar-refractivity contribution in [3.05, 3.63) is 29.8 Å². The lowest BCUT2D eigenvalue weighted by Crippen LogP contribution is -2.29. The van der Waals surface area contributed by atoms with Crippen molar-refractivity contribution in [2.24, 2.45) is 0 Å². The number of phenols is 1. The topological polar surface area (TPSA) is 40.5 Å². The molecule has 1 fully saturated rings. The summed E-state index contributed by atoms with van der Waals surface area (Å²) in [5, 5.41) is 19.0. The second-order valence-corrected chi connectivity index (χ2v) is 4.86. The van der Waals surface area contributed by atoms with E-state index in [0.29, 0.717) is 11.7 Å². The first-order valence-electron chi connectivity index (χ1n) is 5.58. The molecule has 1 aromatic rings. The van der Waals surface area contributed by atoms with Gasteiger partial charge in [-0.15, -0.1) is 0 Å². The Bertz CT molecular complexity index is 317. The molecule has 1 aliphatic carbocycles. The summed E-state index contributed by atoms with van der Waals surface area (Å²) in [5.74, 6) is 0.868. The zero-order chi connectivity index (χ0) is 10.9. The van der Waals surface area contributed by atoms with Crippen LogP contribution in [0.1, 0.15) is 44.1 Å². The molecule has 0 atom stereocenters. The molecule has 82 valence electrons. The highest BCUT2D eigenvalue weighted by molar-refractivity contribution is 5.28. The summed E-state index contributed by atoms with van der Waals surface area (Å²) in [6.45, 7) is 1.92. The van der Waals surface area contributed by atoms with Gasteiger partial charge in [0.25, 0.3) is 0 Å². The number of hydrogen-bond donors (Lipinski definition) is 2. The number of hydrogen-bond acceptors (Lipinski definition) is 2. The molecule has 1 aromatic carbocycles. The van der Waals surface area contributed by atoms with Gasteiger partial charge in [0.05, 0.1) is 5.60 Å². The van der Waals surface area contributed by atoms with Crippen LogP contribution in [0.3, 0.4) is 0 Å². The first-order chi connectivity index (χ1) is 7.07. The Hall–Kier alpha value is -1.02. The van der Waals surface area contributed by atoms with E-state index in [-0.39, 0.29) is 0 Å². The van der Waals surface area contributed by atoms with Crippen LogP contribution in [0.4, 0.5) is 0 Å². The Labute approximate surface area is 90.6 Å². The first kappa shape index (κ1) is 10.5. The molecule has 15 heavy (non-hydrogen) atoms. The molecular weight excluding hydrogens is 188 g/mol. The lowest BCUT2D eigenvalue weighted by Gasteiger charge is -2.33. The van der Waals surface area contributed by atoms with Gasteiger partial charge >= 0.3 is 0 Å². The number of aromatic hydroxyl groups is 1. The van der Waals surface area contributed by atoms with Crippen molar-refractivity contribution in [3.8, 4) is 5.75 Å². The third-order valence-corrected chi connectivity index (χ3v) is 3.43. The lowest BCUT2D eigenvalue weighted by molar-refractivity contribution is 0.0172. The van der Waals surface area contributed by atoms with E-state index >= 15 is 0 Å². The number of benzene rings is 1. The van der Waals surface area contributed by atoms with E-state index in [4.69, 9.17) is 0 Å². The zero-order valence-corrected chi connectivity index (χ0v) is 9.11. The molecule has 0 amide bonds. The molecule has 0 saturated heterocycles. The maximum Gasteiger partial charge on any atom is 0.115 e. The lowest BCUT2D eigenvalue weighted by atomic mass is 9.77. The molecule has 1 aliphatic rings. The fraction of sp³-hybridized carbons (Fsp3) is 0.538. The van der Waals surface area contributed by atoms with Gasteiger partial charge in [-0.25, -0.2) is 0 Å². The minimum atomic E-state index is -0.465. The summed E-state index contributed by atoms with van der Waals surface area (Å²) >= 11 is 0. The van der Waals surface area contributed by atoms with Crippen LogP contribution < -0.4 is 0 Å². The van der Waals surface area contributed by atoms with Gasteiger partial charge in [-0.2, -0.15) is 0 Å². The van der Waals surface area contributed by atoms with E-state index in [9.17, 15) is 10.2 Å². The molecule has 0 aromatic heterocycles. The summed E-state index contributed by atoms with van der Waals surface area (Å²) in [5.41, 5.74) is 0.816. The zero-order valence-electron chi connectivity index (χ0n) is 9.11. The van der Waals surface area contributed by atoms with Crippen LogP contribution in [0.2, 0.25) is 0 Å². The van der Waals surface area contributed by atoms with Crippen molar-refractivity contribution in [1.82, 2.24) is 0 Å². The SMILES string of the molecule is CC1(O)CCC(c2ccc(O)cc2)CC1. The van der Waals surface area contributed by atoms with E-state index in [1.54, 1.807) is 12.1 Å². The van der Waals surface area contributed by atoms with Crippen molar-refractivity contribution in [2.75, 3.05) is 0 Å². The molecule has 1 saturated carbocycles. The summed E-state index contributed by atoms with van der Waals surface area (Å²) in [7, 11) is 0. The molecule has 0 radical (unpaired) electrons. The van der Waals surface area contributed by atoms with E-state index < -0.39 is 5.60 Å². The third kappa shape index (κ3) is 2.51. The fourth-order valence-corrected chi connectivity index (χ4v) is 2.32. The maximum absolute atomic E-state index is 9.84. The van der Waals surface area contributed by atoms with Crippen molar-refractivity contribution in [1.29, 1.82) is 0 Å². The first-order valence-corrected chi connectivity index (χ1v) is 5.58. The molecule has 2 rings (SSSR count). The fourth-order valence-electron chi connectivity index (χ4n) is 2.32. The largest absolute Gasteiger partial charge is 0.508 e. The van der Waals surface area contributed by atoms with Crippen LogP contribution in [0.5, 0.6) is 5.75 Å². The number of aliphatic hydroxyl groups is 1. The Morgan fingerprint density at radius 3 is 2.20 bits per heavy atom. The van der Waals surface area contributed by atoms with Gasteiger partial charge in [0.15, 0.2) is 0 Å². The number of rotatable bonds is 1. The van der Waals surface area contributed by atoms with Crippen molar-refractivity contribution >= 4 is 0 Å². The van der Waals surface area contributed by atoms with Gasteiger partial charge in [-0.05, 0) is 56.2 Å². The van der Waals surface area contributed by atoms with Gasteiger partial charge in [-0.1, -0.05) is 12.1 Å². The smallest absolute Gasteiger partial charge is 0.115 e. The summed E-state index contributed by atoms with van der Waals surface area (Å²) in [4.78, 5) is 0. The highest BCUT2D eigenvalue weighted by Crippen LogP contribution is 2.37. The molecule has 0 spiro atoms. The van der Waals surface area contributed by atoms with Gasteiger partial charge in [0.1, 0.15) is 5.75 Å². The van der Waals surface area contributed by atoms with Crippen molar-refractivity contribution in [2.45, 2.75) is 44.1 Å². The number of phenolic OH excluding ortho intramolecular Hbond substituents is 1. The second kappa shape index (κ2) is 3.86. The minimum absolute atomic E-state index is 0.321. The van der Waals surface area contributed by atoms with Crippen LogP contribution in [0.15, 0.2) is 24.3 Å². The van der Waals surface area contributed by atoms with Crippen molar-refractivity contribution < 1.29 is 10.2 Å². The second-order valence-electron chi connectivity index (χ2n) is 4.86. The van der Waals surface area contributed by atoms with E-state index in [1.165, 1.54) is 5.56 Å². The third-order valence-electron chi connectivity index (χ3n) is 3.43. The van der Waals surface area contributed by atoms with Gasteiger partial charge in [0, 0.05) is 0 Å². The molecule has 0 aliphatic heterocycles. The van der Waals surface area contributed by atoms with E-state index in [0.717, 1.165) is 25.7 Å². The van der Waals surface area contributed by atoms with Crippen molar-refractivity contribution in [3.63, 3.8) is 0 Å². The van der Waals surface area contributed by atoms with Crippen LogP contribution in [-0.2, 0) is 0 Å². The Morgan fingerprint density at radius 1 is 1.13 bits per heavy atom. The Kier molecular flexibility index (Phi) is 2.70. The predicted molar refractivity (Wildman–Crippen MR) is 59.9 cm³/mol. The van der Waals surface area contributed by atoms with E-state index in [2.05, 4.69) is 0 Å². The quantitative estimate of drug-likeness (QED) is 0.741. The summed E-state index contributed by atoms with van der Waals surface area (Å²) in [6, 6.07) is 7.45. The highest BCUT2D eigenvalue weighted by Gasteiger charge is 2.29. The van der Waals surface area contributed by atoms with Gasteiger partial charge in [0.2, 0.25) is 0 Å². The molecule has 0 heterocycles. The molecular formula is C13H18O2. The summed E-state index contributed by atoms with van der Waals surface area (Å²) in [6.07, 6.45) is 3.83. The Balaban J connectivity index is 2.04. The average Bonchev–Trinajstić information content (AvgIpc) is 2.20. The predicted octanol–water partition coefficient (Wildman–Crippen LogP) is 2.80. The van der Waals surface area contributed by atoms with E-state index in [1.807, 2.05) is 19.1 Å². The average molecular weight is 206 g/mol. The molecule has 2 N–H and O–H groups in total. The molecule has 0 unspecified atom stereocenters. The van der Waals surface area contributed by atoms with Crippen LogP contribution in [0, 0.1) is 0 Å². The highest BCUT2D eigenvalue weighted by atomic mass is 16.3. The molecule has 0 bridgehead atoms. The Morgan fingerprint density at radius 2 is 1.67 bits per heavy atom. The molecule has 2 nitrogen and oxygen atoms in total. The summed E-state index contributed by atoms with van der Waals surface area (Å²) < 4.78 is 0. The van der Waals surface area contributed by atoms with Crippen LogP contribution in [-0.4, -0.2) is 15.8 Å². The van der Waals surface area contributed by atoms with Gasteiger partial charge in [-0.3, -0.25) is 0 Å².